The fraction of sp³-hybridized carbons (Fsp3) is 0.435. The Kier molecular flexibility index (Phi) is 5.02. The molecule has 1 aromatic carbocycles. The molecule has 1 unspecified atom stereocenters. The number of nitrogens with one attached hydrogen (secondary N) is 1. The van der Waals surface area contributed by atoms with Crippen molar-refractivity contribution in [3.63, 3.8) is 0 Å². The minimum atomic E-state index is 0.132. The number of benzene rings is 1. The van der Waals surface area contributed by atoms with Crippen LogP contribution in [0.4, 0.5) is 11.5 Å². The Labute approximate surface area is 182 Å². The van der Waals surface area contributed by atoms with Gasteiger partial charge < -0.3 is 21.1 Å². The van der Waals surface area contributed by atoms with Crippen LogP contribution in [0, 0.1) is 6.92 Å². The van der Waals surface area contributed by atoms with Crippen LogP contribution in [-0.4, -0.2) is 50.3 Å². The molecule has 162 valence electrons. The first-order valence-electron chi connectivity index (χ1n) is 11.0. The minimum absolute atomic E-state index is 0.132. The molecular formula is C23H29N7O. The number of hydrogen-bond acceptors (Lipinski definition) is 7. The maximum Gasteiger partial charge on any atom is 0.151 e. The Hall–Kier alpha value is -3.13. The van der Waals surface area contributed by atoms with Gasteiger partial charge in [-0.05, 0) is 56.9 Å². The molecule has 2 aliphatic rings. The van der Waals surface area contributed by atoms with Crippen LogP contribution in [0.1, 0.15) is 37.8 Å². The summed E-state index contributed by atoms with van der Waals surface area (Å²) in [6.07, 6.45) is 7.78. The molecule has 0 spiro atoms. The van der Waals surface area contributed by atoms with Crippen molar-refractivity contribution >= 4 is 11.5 Å². The quantitative estimate of drug-likeness (QED) is 0.597. The molecule has 0 amide bonds. The molecule has 2 aromatic heterocycles. The predicted molar refractivity (Wildman–Crippen MR) is 121 cm³/mol. The third-order valence-corrected chi connectivity index (χ3v) is 6.80. The fourth-order valence-electron chi connectivity index (χ4n) is 4.95. The van der Waals surface area contributed by atoms with Gasteiger partial charge in [0.2, 0.25) is 0 Å². The van der Waals surface area contributed by atoms with Crippen molar-refractivity contribution in [3.8, 4) is 22.7 Å². The van der Waals surface area contributed by atoms with Gasteiger partial charge in [0.05, 0.1) is 29.0 Å². The summed E-state index contributed by atoms with van der Waals surface area (Å²) in [6, 6.07) is 11.0. The smallest absolute Gasteiger partial charge is 0.151 e. The van der Waals surface area contributed by atoms with Crippen LogP contribution in [0.2, 0.25) is 0 Å². The normalized spacial score (nSPS) is 23.0. The maximum absolute atomic E-state index is 10.6. The average molecular weight is 420 g/mol. The number of piperidine rings is 2. The van der Waals surface area contributed by atoms with Crippen molar-refractivity contribution in [2.75, 3.05) is 17.7 Å². The average Bonchev–Trinajstić information content (AvgIpc) is 3.11. The van der Waals surface area contributed by atoms with Crippen molar-refractivity contribution in [3.05, 3.63) is 42.2 Å². The van der Waals surface area contributed by atoms with E-state index >= 15 is 0 Å². The van der Waals surface area contributed by atoms with Gasteiger partial charge in [-0.15, -0.1) is 10.2 Å². The summed E-state index contributed by atoms with van der Waals surface area (Å²) in [7, 11) is 2.11. The number of aromatic nitrogens is 4. The van der Waals surface area contributed by atoms with Gasteiger partial charge in [-0.2, -0.15) is 5.10 Å². The number of aromatic hydroxyl groups is 1. The lowest BCUT2D eigenvalue weighted by Gasteiger charge is -2.43. The predicted octanol–water partition coefficient (Wildman–Crippen LogP) is 3.03. The molecule has 2 aliphatic heterocycles. The molecule has 31 heavy (non-hydrogen) atoms. The van der Waals surface area contributed by atoms with Crippen molar-refractivity contribution in [2.24, 2.45) is 0 Å². The molecule has 2 fully saturated rings. The second-order valence-corrected chi connectivity index (χ2v) is 8.80. The molecule has 3 atom stereocenters. The lowest BCUT2D eigenvalue weighted by molar-refractivity contribution is 0.219. The molecule has 2 saturated heterocycles. The third kappa shape index (κ3) is 3.72. The molecular weight excluding hydrogens is 390 g/mol. The summed E-state index contributed by atoms with van der Waals surface area (Å²) in [6.45, 7) is 1.89. The first kappa shape index (κ1) is 19.8. The minimum Gasteiger partial charge on any atom is -0.507 e. The molecule has 0 radical (unpaired) electrons. The Balaban J connectivity index is 1.34. The van der Waals surface area contributed by atoms with Crippen molar-refractivity contribution in [2.45, 2.75) is 57.2 Å². The van der Waals surface area contributed by atoms with Crippen LogP contribution in [-0.2, 0) is 0 Å². The molecule has 4 N–H and O–H groups in total. The van der Waals surface area contributed by atoms with Crippen LogP contribution >= 0.6 is 0 Å². The molecule has 8 nitrogen and oxygen atoms in total. The van der Waals surface area contributed by atoms with E-state index in [1.807, 2.05) is 31.2 Å². The van der Waals surface area contributed by atoms with Gasteiger partial charge in [0.1, 0.15) is 5.75 Å². The molecule has 3 aromatic rings. The number of nitrogens with zero attached hydrogens (tertiary/aromatic N) is 5. The summed E-state index contributed by atoms with van der Waals surface area (Å²) in [4.78, 5) is 2.26. The Morgan fingerprint density at radius 1 is 1.13 bits per heavy atom. The van der Waals surface area contributed by atoms with E-state index in [0.717, 1.165) is 30.0 Å². The lowest BCUT2D eigenvalue weighted by atomic mass is 9.83. The first-order chi connectivity index (χ1) is 15.0. The SMILES string of the molecule is Cc1c(N)cnn1-c1ccc(-c2ccc(N(C)C3C[C@H]4CCC[C@@H](C3)N4)nn2)c(O)c1. The number of rotatable bonds is 4. The van der Waals surface area contributed by atoms with E-state index in [0.29, 0.717) is 35.1 Å². The van der Waals surface area contributed by atoms with Crippen LogP contribution < -0.4 is 16.0 Å². The Morgan fingerprint density at radius 3 is 2.52 bits per heavy atom. The van der Waals surface area contributed by atoms with Gasteiger partial charge in [0, 0.05) is 36.8 Å². The summed E-state index contributed by atoms with van der Waals surface area (Å²) in [5.74, 6) is 1.00. The van der Waals surface area contributed by atoms with Gasteiger partial charge in [-0.1, -0.05) is 6.42 Å². The number of hydrogen-bond donors (Lipinski definition) is 3. The van der Waals surface area contributed by atoms with E-state index in [1.165, 1.54) is 19.3 Å². The highest BCUT2D eigenvalue weighted by Gasteiger charge is 2.33. The largest absolute Gasteiger partial charge is 0.507 e. The first-order valence-corrected chi connectivity index (χ1v) is 11.0. The Bertz CT molecular complexity index is 1070. The number of anilines is 2. The third-order valence-electron chi connectivity index (χ3n) is 6.80. The topological polar surface area (TPSA) is 105 Å². The number of nitrogens with two attached hydrogens (primary N) is 1. The van der Waals surface area contributed by atoms with Gasteiger partial charge in [0.25, 0.3) is 0 Å². The molecule has 2 bridgehead atoms. The maximum atomic E-state index is 10.6. The van der Waals surface area contributed by atoms with Crippen LogP contribution in [0.25, 0.3) is 16.9 Å². The van der Waals surface area contributed by atoms with E-state index in [-0.39, 0.29) is 5.75 Å². The van der Waals surface area contributed by atoms with Gasteiger partial charge in [-0.25, -0.2) is 4.68 Å². The van der Waals surface area contributed by atoms with E-state index in [1.54, 1.807) is 16.9 Å². The van der Waals surface area contributed by atoms with E-state index in [4.69, 9.17) is 5.73 Å². The van der Waals surface area contributed by atoms with Crippen molar-refractivity contribution in [1.29, 1.82) is 0 Å². The monoisotopic (exact) mass is 419 g/mol. The van der Waals surface area contributed by atoms with E-state index in [9.17, 15) is 5.11 Å². The van der Waals surface area contributed by atoms with Gasteiger partial charge >= 0.3 is 0 Å². The van der Waals surface area contributed by atoms with Gasteiger partial charge in [-0.3, -0.25) is 0 Å². The highest BCUT2D eigenvalue weighted by Crippen LogP contribution is 2.32. The number of fused-ring (bicyclic) bond motifs is 2. The molecule has 5 rings (SSSR count). The highest BCUT2D eigenvalue weighted by atomic mass is 16.3. The summed E-state index contributed by atoms with van der Waals surface area (Å²) < 4.78 is 1.71. The zero-order chi connectivity index (χ0) is 21.5. The van der Waals surface area contributed by atoms with Crippen LogP contribution in [0.15, 0.2) is 36.5 Å². The lowest BCUT2D eigenvalue weighted by Crippen LogP contribution is -2.54. The number of phenolic OH excluding ortho intramolecular Hbond substituents is 1. The standard InChI is InChI=1S/C23H29N7O/c1-14-20(24)13-25-30(14)17-6-7-19(22(31)12-17)21-8-9-23(28-27-21)29(2)18-10-15-4-3-5-16(11-18)26-15/h6-9,12-13,15-16,18,26,31H,3-5,10-11,24H2,1-2H3/t15-,16+,18?. The number of phenols is 1. The fourth-order valence-corrected chi connectivity index (χ4v) is 4.95. The molecule has 4 heterocycles. The summed E-state index contributed by atoms with van der Waals surface area (Å²) in [5, 5.41) is 27.5. The Morgan fingerprint density at radius 2 is 1.90 bits per heavy atom. The zero-order valence-corrected chi connectivity index (χ0v) is 18.0. The van der Waals surface area contributed by atoms with Gasteiger partial charge in [0.15, 0.2) is 5.82 Å². The summed E-state index contributed by atoms with van der Waals surface area (Å²) >= 11 is 0. The zero-order valence-electron chi connectivity index (χ0n) is 18.0. The number of nitrogen functional groups attached to an aromatic ring is 1. The van der Waals surface area contributed by atoms with E-state index < -0.39 is 0 Å². The van der Waals surface area contributed by atoms with Crippen molar-refractivity contribution < 1.29 is 5.11 Å². The van der Waals surface area contributed by atoms with Crippen LogP contribution in [0.3, 0.4) is 0 Å². The summed E-state index contributed by atoms with van der Waals surface area (Å²) in [5.41, 5.74) is 9.36. The molecule has 0 aliphatic carbocycles. The second kappa shape index (κ2) is 7.85. The van der Waals surface area contributed by atoms with Crippen molar-refractivity contribution in [1.82, 2.24) is 25.3 Å². The van der Waals surface area contributed by atoms with Crippen LogP contribution in [0.5, 0.6) is 5.75 Å². The highest BCUT2D eigenvalue weighted by molar-refractivity contribution is 5.69. The molecule has 0 saturated carbocycles. The second-order valence-electron chi connectivity index (χ2n) is 8.80. The molecule has 8 heteroatoms. The van der Waals surface area contributed by atoms with E-state index in [2.05, 4.69) is 32.6 Å².